The van der Waals surface area contributed by atoms with Crippen molar-refractivity contribution < 1.29 is 14.7 Å². The predicted octanol–water partition coefficient (Wildman–Crippen LogP) is 1.39. The van der Waals surface area contributed by atoms with Crippen LogP contribution in [-0.4, -0.2) is 29.1 Å². The third-order valence-corrected chi connectivity index (χ3v) is 4.00. The van der Waals surface area contributed by atoms with Gasteiger partial charge in [0.1, 0.15) is 6.04 Å². The molecule has 20 heavy (non-hydrogen) atoms. The number of para-hydroxylation sites is 1. The Hall–Kier alpha value is -2.04. The average molecular weight is 274 g/mol. The number of nitrogens with one attached hydrogen (secondary N) is 2. The van der Waals surface area contributed by atoms with Gasteiger partial charge in [-0.15, -0.1) is 0 Å². The van der Waals surface area contributed by atoms with Crippen molar-refractivity contribution in [1.29, 1.82) is 0 Å². The number of carbonyl (C=O) groups is 2. The summed E-state index contributed by atoms with van der Waals surface area (Å²) in [5.41, 5.74) is 2.13. The van der Waals surface area contributed by atoms with Crippen molar-refractivity contribution in [3.05, 3.63) is 29.8 Å². The summed E-state index contributed by atoms with van der Waals surface area (Å²) >= 11 is 0. The van der Waals surface area contributed by atoms with E-state index in [0.717, 1.165) is 24.1 Å². The fraction of sp³-hybridized carbons (Fsp3) is 0.467. The summed E-state index contributed by atoms with van der Waals surface area (Å²) in [4.78, 5) is 23.1. The summed E-state index contributed by atoms with van der Waals surface area (Å²) in [6.45, 7) is 0. The summed E-state index contributed by atoms with van der Waals surface area (Å²) in [5, 5.41) is 15.0. The molecule has 1 amide bonds. The maximum atomic E-state index is 12.3. The van der Waals surface area contributed by atoms with Crippen LogP contribution in [0.2, 0.25) is 0 Å². The minimum atomic E-state index is -0.857. The van der Waals surface area contributed by atoms with Crippen LogP contribution in [0.5, 0.6) is 0 Å². The number of anilines is 1. The first-order valence-electron chi connectivity index (χ1n) is 7.00. The van der Waals surface area contributed by atoms with Crippen molar-refractivity contribution in [2.24, 2.45) is 5.92 Å². The topological polar surface area (TPSA) is 78.4 Å². The standard InChI is InChI=1S/C15H18N2O3/c18-14(19)8-12(9-5-6-9)17-15(20)13-7-10-3-1-2-4-11(10)16-13/h1-4,9,12-13,16H,5-8H2,(H,17,20)(H,18,19). The largest absolute Gasteiger partial charge is 0.481 e. The first kappa shape index (κ1) is 13.0. The minimum absolute atomic E-state index is 0.01000. The Bertz CT molecular complexity index is 515. The normalized spacial score (nSPS) is 21.7. The van der Waals surface area contributed by atoms with Gasteiger partial charge in [0, 0.05) is 18.2 Å². The van der Waals surface area contributed by atoms with Gasteiger partial charge < -0.3 is 15.7 Å². The zero-order valence-corrected chi connectivity index (χ0v) is 11.1. The first-order chi connectivity index (χ1) is 9.63. The number of amides is 1. The summed E-state index contributed by atoms with van der Waals surface area (Å²) in [6, 6.07) is 7.33. The van der Waals surface area contributed by atoms with Crippen molar-refractivity contribution in [3.63, 3.8) is 0 Å². The van der Waals surface area contributed by atoms with Crippen LogP contribution in [0.3, 0.4) is 0 Å². The van der Waals surface area contributed by atoms with Crippen LogP contribution in [0.1, 0.15) is 24.8 Å². The maximum Gasteiger partial charge on any atom is 0.305 e. The molecule has 2 aliphatic rings. The maximum absolute atomic E-state index is 12.3. The second kappa shape index (κ2) is 5.15. The van der Waals surface area contributed by atoms with Gasteiger partial charge in [0.2, 0.25) is 5.91 Å². The van der Waals surface area contributed by atoms with Crippen molar-refractivity contribution in [1.82, 2.24) is 5.32 Å². The molecule has 3 rings (SSSR count). The molecule has 0 aromatic heterocycles. The fourth-order valence-electron chi connectivity index (χ4n) is 2.76. The monoisotopic (exact) mass is 274 g/mol. The van der Waals surface area contributed by atoms with Crippen LogP contribution < -0.4 is 10.6 Å². The van der Waals surface area contributed by atoms with Crippen LogP contribution in [0.15, 0.2) is 24.3 Å². The van der Waals surface area contributed by atoms with Crippen LogP contribution in [0.25, 0.3) is 0 Å². The van der Waals surface area contributed by atoms with E-state index in [4.69, 9.17) is 5.11 Å². The highest BCUT2D eigenvalue weighted by molar-refractivity contribution is 5.88. The van der Waals surface area contributed by atoms with Gasteiger partial charge in [-0.25, -0.2) is 0 Å². The fourth-order valence-corrected chi connectivity index (χ4v) is 2.76. The number of hydrogen-bond donors (Lipinski definition) is 3. The van der Waals surface area contributed by atoms with Crippen molar-refractivity contribution >= 4 is 17.6 Å². The predicted molar refractivity (Wildman–Crippen MR) is 74.5 cm³/mol. The molecule has 3 N–H and O–H groups in total. The van der Waals surface area contributed by atoms with E-state index in [2.05, 4.69) is 10.6 Å². The lowest BCUT2D eigenvalue weighted by atomic mass is 10.1. The Morgan fingerprint density at radius 3 is 2.75 bits per heavy atom. The summed E-state index contributed by atoms with van der Waals surface area (Å²) < 4.78 is 0. The molecule has 1 aromatic carbocycles. The highest BCUT2D eigenvalue weighted by Crippen LogP contribution is 2.34. The molecule has 5 heteroatoms. The Balaban J connectivity index is 1.61. The molecule has 2 unspecified atom stereocenters. The second-order valence-electron chi connectivity index (χ2n) is 5.61. The number of carboxylic acid groups (broad SMARTS) is 1. The highest BCUT2D eigenvalue weighted by atomic mass is 16.4. The third-order valence-electron chi connectivity index (χ3n) is 4.00. The molecule has 1 aliphatic carbocycles. The van der Waals surface area contributed by atoms with Gasteiger partial charge in [0.15, 0.2) is 0 Å². The summed E-state index contributed by atoms with van der Waals surface area (Å²) in [5.74, 6) is -0.622. The van der Waals surface area contributed by atoms with Gasteiger partial charge in [0.25, 0.3) is 0 Å². The number of carbonyl (C=O) groups excluding carboxylic acids is 1. The summed E-state index contributed by atoms with van der Waals surface area (Å²) in [6.07, 6.45) is 2.69. The molecule has 2 atom stereocenters. The Labute approximate surface area is 117 Å². The van der Waals surface area contributed by atoms with E-state index in [9.17, 15) is 9.59 Å². The average Bonchev–Trinajstić information content (AvgIpc) is 3.16. The lowest BCUT2D eigenvalue weighted by molar-refractivity contribution is -0.137. The van der Waals surface area contributed by atoms with Crippen LogP contribution >= 0.6 is 0 Å². The smallest absolute Gasteiger partial charge is 0.305 e. The van der Waals surface area contributed by atoms with Gasteiger partial charge in [-0.05, 0) is 30.4 Å². The quantitative estimate of drug-likeness (QED) is 0.758. The van der Waals surface area contributed by atoms with E-state index in [1.54, 1.807) is 0 Å². The molecular formula is C15H18N2O3. The third kappa shape index (κ3) is 2.76. The first-order valence-corrected chi connectivity index (χ1v) is 7.00. The van der Waals surface area contributed by atoms with Crippen LogP contribution in [0, 0.1) is 5.92 Å². The molecular weight excluding hydrogens is 256 g/mol. The van der Waals surface area contributed by atoms with Crippen molar-refractivity contribution in [3.8, 4) is 0 Å². The van der Waals surface area contributed by atoms with Gasteiger partial charge in [0.05, 0.1) is 6.42 Å². The number of rotatable bonds is 5. The molecule has 0 radical (unpaired) electrons. The highest BCUT2D eigenvalue weighted by Gasteiger charge is 2.36. The SMILES string of the molecule is O=C(O)CC(NC(=O)C1Cc2ccccc2N1)C1CC1. The molecule has 0 bridgehead atoms. The van der Waals surface area contributed by atoms with Gasteiger partial charge in [-0.1, -0.05) is 18.2 Å². The lowest BCUT2D eigenvalue weighted by Crippen LogP contribution is -2.45. The van der Waals surface area contributed by atoms with E-state index in [-0.39, 0.29) is 24.4 Å². The zero-order valence-electron chi connectivity index (χ0n) is 11.1. The van der Waals surface area contributed by atoms with Gasteiger partial charge >= 0.3 is 5.97 Å². The van der Waals surface area contributed by atoms with Gasteiger partial charge in [-0.2, -0.15) is 0 Å². The van der Waals surface area contributed by atoms with Crippen molar-refractivity contribution in [2.45, 2.75) is 37.8 Å². The number of benzene rings is 1. The molecule has 106 valence electrons. The minimum Gasteiger partial charge on any atom is -0.481 e. The zero-order chi connectivity index (χ0) is 14.1. The molecule has 1 aromatic rings. The number of hydrogen-bond acceptors (Lipinski definition) is 3. The van der Waals surface area contributed by atoms with E-state index in [1.807, 2.05) is 24.3 Å². The van der Waals surface area contributed by atoms with E-state index in [1.165, 1.54) is 0 Å². The van der Waals surface area contributed by atoms with Crippen LogP contribution in [-0.2, 0) is 16.0 Å². The lowest BCUT2D eigenvalue weighted by Gasteiger charge is -2.19. The van der Waals surface area contributed by atoms with Crippen LogP contribution in [0.4, 0.5) is 5.69 Å². The molecule has 1 fully saturated rings. The Morgan fingerprint density at radius 1 is 1.35 bits per heavy atom. The molecule has 1 aliphatic heterocycles. The van der Waals surface area contributed by atoms with E-state index < -0.39 is 5.97 Å². The van der Waals surface area contributed by atoms with E-state index >= 15 is 0 Å². The Morgan fingerprint density at radius 2 is 2.10 bits per heavy atom. The molecule has 0 spiro atoms. The van der Waals surface area contributed by atoms with Crippen molar-refractivity contribution in [2.75, 3.05) is 5.32 Å². The molecule has 0 saturated heterocycles. The summed E-state index contributed by atoms with van der Waals surface area (Å²) in [7, 11) is 0. The molecule has 1 heterocycles. The molecule has 1 saturated carbocycles. The Kier molecular flexibility index (Phi) is 3.34. The van der Waals surface area contributed by atoms with E-state index in [0.29, 0.717) is 12.3 Å². The number of aliphatic carboxylic acids is 1. The molecule has 5 nitrogen and oxygen atoms in total. The number of carboxylic acids is 1. The number of fused-ring (bicyclic) bond motifs is 1. The van der Waals surface area contributed by atoms with Gasteiger partial charge in [-0.3, -0.25) is 9.59 Å². The second-order valence-corrected chi connectivity index (χ2v) is 5.61.